The Morgan fingerprint density at radius 2 is 1.06 bits per heavy atom. The summed E-state index contributed by atoms with van der Waals surface area (Å²) in [5.41, 5.74) is -0.353. The molecule has 0 N–H and O–H groups in total. The molecule has 82 valence electrons. The molecule has 0 bridgehead atoms. The second kappa shape index (κ2) is 5.96. The Morgan fingerprint density at radius 3 is 1.50 bits per heavy atom. The van der Waals surface area contributed by atoms with Crippen molar-refractivity contribution in [2.24, 2.45) is 10.8 Å². The molecule has 0 amide bonds. The van der Waals surface area contributed by atoms with E-state index in [0.29, 0.717) is 0 Å². The van der Waals surface area contributed by atoms with E-state index in [1.165, 1.54) is 0 Å². The van der Waals surface area contributed by atoms with Crippen molar-refractivity contribution >= 4 is 0 Å². The maximum Gasteiger partial charge on any atom is 0.0883 e. The van der Waals surface area contributed by atoms with Crippen LogP contribution in [0.3, 0.4) is 0 Å². The number of hydrogen-bond acceptors (Lipinski definition) is 0. The Morgan fingerprint density at radius 1 is 0.625 bits per heavy atom. The van der Waals surface area contributed by atoms with Crippen LogP contribution in [0, 0.1) is 58.2 Å². The maximum absolute atomic E-state index is 3.06. The highest BCUT2D eigenvalue weighted by atomic mass is 14.1. The fraction of sp³-hybridized carbons (Fsp3) is 0.500. The molecule has 0 heteroatoms. The van der Waals surface area contributed by atoms with Crippen molar-refractivity contribution in [2.75, 3.05) is 0 Å². The van der Waals surface area contributed by atoms with Crippen molar-refractivity contribution in [3.8, 4) is 47.4 Å². The predicted octanol–water partition coefficient (Wildman–Crippen LogP) is 3.09. The highest BCUT2D eigenvalue weighted by Crippen LogP contribution is 2.11. The van der Waals surface area contributed by atoms with E-state index in [1.54, 1.807) is 6.92 Å². The Labute approximate surface area is 100 Å². The Balaban J connectivity index is 4.71. The molecule has 0 atom stereocenters. The van der Waals surface area contributed by atoms with Crippen molar-refractivity contribution in [3.63, 3.8) is 0 Å². The molecule has 0 radical (unpaired) electrons. The minimum atomic E-state index is -0.351. The van der Waals surface area contributed by atoms with E-state index in [2.05, 4.69) is 68.1 Å². The summed E-state index contributed by atoms with van der Waals surface area (Å²) in [7, 11) is 0. The normalized spacial score (nSPS) is 9.12. The van der Waals surface area contributed by atoms with Gasteiger partial charge in [0, 0.05) is 5.41 Å². The molecule has 0 saturated carbocycles. The first-order valence-corrected chi connectivity index (χ1v) is 5.25. The van der Waals surface area contributed by atoms with Crippen LogP contribution in [0.15, 0.2) is 0 Å². The molecule has 0 aliphatic carbocycles. The summed E-state index contributed by atoms with van der Waals surface area (Å²) in [6.07, 6.45) is 0. The van der Waals surface area contributed by atoms with Gasteiger partial charge in [0.15, 0.2) is 0 Å². The standard InChI is InChI=1S/C16H18/c1-7-8-9-13-16(5,6)14-11-10-12-15(2,3)4/h1-6H3. The quantitative estimate of drug-likeness (QED) is 0.539. The molecular weight excluding hydrogens is 192 g/mol. The zero-order valence-electron chi connectivity index (χ0n) is 11.0. The van der Waals surface area contributed by atoms with Crippen LogP contribution in [0.4, 0.5) is 0 Å². The van der Waals surface area contributed by atoms with Gasteiger partial charge >= 0.3 is 0 Å². The summed E-state index contributed by atoms with van der Waals surface area (Å²) in [6.45, 7) is 11.9. The summed E-state index contributed by atoms with van der Waals surface area (Å²) >= 11 is 0. The fourth-order valence-corrected chi connectivity index (χ4v) is 0.688. The van der Waals surface area contributed by atoms with E-state index in [9.17, 15) is 0 Å². The van der Waals surface area contributed by atoms with Gasteiger partial charge < -0.3 is 0 Å². The van der Waals surface area contributed by atoms with Crippen LogP contribution in [-0.2, 0) is 0 Å². The van der Waals surface area contributed by atoms with E-state index in [1.807, 2.05) is 13.8 Å². The van der Waals surface area contributed by atoms with Crippen molar-refractivity contribution < 1.29 is 0 Å². The van der Waals surface area contributed by atoms with Crippen molar-refractivity contribution in [2.45, 2.75) is 41.5 Å². The summed E-state index contributed by atoms with van der Waals surface area (Å²) in [4.78, 5) is 0. The van der Waals surface area contributed by atoms with E-state index in [0.717, 1.165) is 0 Å². The van der Waals surface area contributed by atoms with Crippen LogP contribution in [-0.4, -0.2) is 0 Å². The number of rotatable bonds is 0. The molecular formula is C16H18. The monoisotopic (exact) mass is 210 g/mol. The topological polar surface area (TPSA) is 0 Å². The third-order valence-electron chi connectivity index (χ3n) is 1.44. The molecule has 0 heterocycles. The molecule has 0 nitrogen and oxygen atoms in total. The first kappa shape index (κ1) is 14.2. The smallest absolute Gasteiger partial charge is 0.0883 e. The van der Waals surface area contributed by atoms with Gasteiger partial charge in [-0.05, 0) is 65.2 Å². The molecule has 0 aromatic heterocycles. The molecule has 16 heavy (non-hydrogen) atoms. The lowest BCUT2D eigenvalue weighted by Crippen LogP contribution is -2.03. The van der Waals surface area contributed by atoms with E-state index in [4.69, 9.17) is 0 Å². The van der Waals surface area contributed by atoms with Crippen LogP contribution >= 0.6 is 0 Å². The molecule has 0 rings (SSSR count). The average Bonchev–Trinajstić information content (AvgIpc) is 2.11. The van der Waals surface area contributed by atoms with Gasteiger partial charge in [0.1, 0.15) is 0 Å². The highest BCUT2D eigenvalue weighted by molar-refractivity contribution is 5.36. The molecule has 0 aromatic rings. The summed E-state index contributed by atoms with van der Waals surface area (Å²) in [5.74, 6) is 23.0. The maximum atomic E-state index is 3.06. The SMILES string of the molecule is CC#CC#CC(C)(C)C#CC#CC(C)(C)C. The zero-order chi connectivity index (χ0) is 12.7. The molecule has 0 aromatic carbocycles. The van der Waals surface area contributed by atoms with Crippen LogP contribution in [0.5, 0.6) is 0 Å². The highest BCUT2D eigenvalue weighted by Gasteiger charge is 2.08. The molecule has 0 fully saturated rings. The largest absolute Gasteiger partial charge is 0.0925 e. The zero-order valence-corrected chi connectivity index (χ0v) is 11.0. The van der Waals surface area contributed by atoms with Crippen LogP contribution in [0.1, 0.15) is 41.5 Å². The second-order valence-corrected chi connectivity index (χ2v) is 5.00. The van der Waals surface area contributed by atoms with Crippen LogP contribution < -0.4 is 0 Å². The number of hydrogen-bond donors (Lipinski definition) is 0. The lowest BCUT2D eigenvalue weighted by molar-refractivity contribution is 0.571. The van der Waals surface area contributed by atoms with Gasteiger partial charge in [0.2, 0.25) is 0 Å². The van der Waals surface area contributed by atoms with Gasteiger partial charge in [-0.15, -0.1) is 0 Å². The van der Waals surface area contributed by atoms with Gasteiger partial charge in [-0.3, -0.25) is 0 Å². The van der Waals surface area contributed by atoms with Gasteiger partial charge in [0.05, 0.1) is 5.41 Å². The van der Waals surface area contributed by atoms with Crippen molar-refractivity contribution in [1.82, 2.24) is 0 Å². The van der Waals surface area contributed by atoms with Gasteiger partial charge in [0.25, 0.3) is 0 Å². The van der Waals surface area contributed by atoms with Gasteiger partial charge in [-0.25, -0.2) is 0 Å². The second-order valence-electron chi connectivity index (χ2n) is 5.00. The summed E-state index contributed by atoms with van der Waals surface area (Å²) < 4.78 is 0. The first-order valence-electron chi connectivity index (χ1n) is 5.25. The lowest BCUT2D eigenvalue weighted by Gasteiger charge is -2.06. The van der Waals surface area contributed by atoms with Gasteiger partial charge in [-0.2, -0.15) is 0 Å². The predicted molar refractivity (Wildman–Crippen MR) is 70.0 cm³/mol. The van der Waals surface area contributed by atoms with Crippen molar-refractivity contribution in [1.29, 1.82) is 0 Å². The molecule has 0 unspecified atom stereocenters. The molecule has 0 spiro atoms. The molecule has 0 aliphatic heterocycles. The fourth-order valence-electron chi connectivity index (χ4n) is 0.688. The Kier molecular flexibility index (Phi) is 5.31. The average molecular weight is 210 g/mol. The Hall–Kier alpha value is -1.76. The van der Waals surface area contributed by atoms with E-state index < -0.39 is 0 Å². The molecule has 0 saturated heterocycles. The third-order valence-corrected chi connectivity index (χ3v) is 1.44. The molecule has 0 aliphatic rings. The first-order chi connectivity index (χ1) is 7.27. The minimum Gasteiger partial charge on any atom is -0.0925 e. The Bertz CT molecular complexity index is 466. The lowest BCUT2D eigenvalue weighted by atomic mass is 9.95. The summed E-state index contributed by atoms with van der Waals surface area (Å²) in [6, 6.07) is 0. The van der Waals surface area contributed by atoms with Crippen molar-refractivity contribution in [3.05, 3.63) is 0 Å². The summed E-state index contributed by atoms with van der Waals surface area (Å²) in [5, 5.41) is 0. The third kappa shape index (κ3) is 8.82. The van der Waals surface area contributed by atoms with E-state index >= 15 is 0 Å². The van der Waals surface area contributed by atoms with Gasteiger partial charge in [-0.1, -0.05) is 23.7 Å². The minimum absolute atomic E-state index is 0.00180. The van der Waals surface area contributed by atoms with E-state index in [-0.39, 0.29) is 10.8 Å². The van der Waals surface area contributed by atoms with Crippen LogP contribution in [0.2, 0.25) is 0 Å². The van der Waals surface area contributed by atoms with Crippen LogP contribution in [0.25, 0.3) is 0 Å².